The molecule has 2 aromatic carbocycles. The van der Waals surface area contributed by atoms with Crippen LogP contribution >= 0.6 is 11.6 Å². The van der Waals surface area contributed by atoms with Gasteiger partial charge in [0.05, 0.1) is 4.92 Å². The minimum Gasteiger partial charge on any atom is -0.393 e. The highest BCUT2D eigenvalue weighted by atomic mass is 35.5. The molecule has 98 valence electrons. The van der Waals surface area contributed by atoms with Crippen molar-refractivity contribution in [2.75, 3.05) is 11.1 Å². The van der Waals surface area contributed by atoms with Crippen LogP contribution in [0.5, 0.6) is 0 Å². The highest BCUT2D eigenvalue weighted by molar-refractivity contribution is 6.31. The molecule has 0 heterocycles. The zero-order chi connectivity index (χ0) is 13.8. The molecule has 19 heavy (non-hydrogen) atoms. The fourth-order valence-corrected chi connectivity index (χ4v) is 1.85. The molecule has 3 N–H and O–H groups in total. The first-order valence-corrected chi connectivity index (χ1v) is 5.97. The van der Waals surface area contributed by atoms with Crippen molar-refractivity contribution in [2.45, 2.75) is 6.54 Å². The standard InChI is InChI=1S/C13H12ClN3O2/c14-11-4-2-1-3-9(11)8-16-10-5-6-12(15)13(7-10)17(18)19/h1-7,16H,8,15H2. The predicted molar refractivity (Wildman–Crippen MR) is 76.3 cm³/mol. The molecule has 0 aromatic heterocycles. The summed E-state index contributed by atoms with van der Waals surface area (Å²) in [6.45, 7) is 0.487. The molecule has 0 aliphatic rings. The second-order valence-electron chi connectivity index (χ2n) is 3.98. The second kappa shape index (κ2) is 5.58. The topological polar surface area (TPSA) is 81.2 Å². The smallest absolute Gasteiger partial charge is 0.294 e. The van der Waals surface area contributed by atoms with Gasteiger partial charge in [-0.2, -0.15) is 0 Å². The summed E-state index contributed by atoms with van der Waals surface area (Å²) in [7, 11) is 0. The molecule has 0 atom stereocenters. The van der Waals surface area contributed by atoms with E-state index in [9.17, 15) is 10.1 Å². The molecule has 0 aliphatic carbocycles. The number of benzene rings is 2. The van der Waals surface area contributed by atoms with Crippen LogP contribution in [-0.2, 0) is 6.54 Å². The van der Waals surface area contributed by atoms with Crippen molar-refractivity contribution in [3.8, 4) is 0 Å². The number of nitro benzene ring substituents is 1. The van der Waals surface area contributed by atoms with Crippen molar-refractivity contribution in [1.82, 2.24) is 0 Å². The first-order valence-electron chi connectivity index (χ1n) is 5.59. The zero-order valence-electron chi connectivity index (χ0n) is 9.97. The fraction of sp³-hybridized carbons (Fsp3) is 0.0769. The van der Waals surface area contributed by atoms with Crippen LogP contribution in [0.15, 0.2) is 42.5 Å². The van der Waals surface area contributed by atoms with Crippen LogP contribution in [0.1, 0.15) is 5.56 Å². The highest BCUT2D eigenvalue weighted by Gasteiger charge is 2.11. The van der Waals surface area contributed by atoms with Gasteiger partial charge in [0.25, 0.3) is 5.69 Å². The summed E-state index contributed by atoms with van der Waals surface area (Å²) in [6, 6.07) is 12.0. The SMILES string of the molecule is Nc1ccc(NCc2ccccc2Cl)cc1[N+](=O)[O-]. The zero-order valence-corrected chi connectivity index (χ0v) is 10.7. The maximum Gasteiger partial charge on any atom is 0.294 e. The summed E-state index contributed by atoms with van der Waals surface area (Å²) >= 11 is 6.03. The summed E-state index contributed by atoms with van der Waals surface area (Å²) in [5.41, 5.74) is 7.12. The highest BCUT2D eigenvalue weighted by Crippen LogP contribution is 2.25. The Morgan fingerprint density at radius 2 is 2.00 bits per heavy atom. The summed E-state index contributed by atoms with van der Waals surface area (Å²) in [5.74, 6) is 0. The summed E-state index contributed by atoms with van der Waals surface area (Å²) in [4.78, 5) is 10.3. The summed E-state index contributed by atoms with van der Waals surface area (Å²) in [5, 5.41) is 14.5. The Bertz CT molecular complexity index is 617. The third-order valence-corrected chi connectivity index (χ3v) is 3.04. The van der Waals surface area contributed by atoms with Crippen molar-refractivity contribution in [2.24, 2.45) is 0 Å². The lowest BCUT2D eigenvalue weighted by atomic mass is 10.2. The molecule has 0 aliphatic heterocycles. The Kier molecular flexibility index (Phi) is 3.87. The van der Waals surface area contributed by atoms with Gasteiger partial charge < -0.3 is 11.1 Å². The molecule has 6 heteroatoms. The monoisotopic (exact) mass is 277 g/mol. The van der Waals surface area contributed by atoms with E-state index >= 15 is 0 Å². The van der Waals surface area contributed by atoms with Crippen LogP contribution in [0.2, 0.25) is 5.02 Å². The van der Waals surface area contributed by atoms with E-state index in [1.165, 1.54) is 12.1 Å². The van der Waals surface area contributed by atoms with Gasteiger partial charge in [-0.15, -0.1) is 0 Å². The number of hydrogen-bond donors (Lipinski definition) is 2. The van der Waals surface area contributed by atoms with E-state index in [2.05, 4.69) is 5.32 Å². The summed E-state index contributed by atoms with van der Waals surface area (Å²) in [6.07, 6.45) is 0. The van der Waals surface area contributed by atoms with Crippen LogP contribution in [0.4, 0.5) is 17.1 Å². The number of nitrogens with two attached hydrogens (primary N) is 1. The number of nitrogens with zero attached hydrogens (tertiary/aromatic N) is 1. The van der Waals surface area contributed by atoms with Crippen LogP contribution in [0.3, 0.4) is 0 Å². The number of nitro groups is 1. The van der Waals surface area contributed by atoms with Gasteiger partial charge in [-0.25, -0.2) is 0 Å². The number of anilines is 2. The number of halogens is 1. The largest absolute Gasteiger partial charge is 0.393 e. The molecule has 2 rings (SSSR count). The quantitative estimate of drug-likeness (QED) is 0.509. The third-order valence-electron chi connectivity index (χ3n) is 2.67. The first kappa shape index (κ1) is 13.2. The first-order chi connectivity index (χ1) is 9.08. The van der Waals surface area contributed by atoms with Gasteiger partial charge in [0.15, 0.2) is 0 Å². The number of rotatable bonds is 4. The molecular formula is C13H12ClN3O2. The Balaban J connectivity index is 2.14. The maximum atomic E-state index is 10.8. The van der Waals surface area contributed by atoms with Gasteiger partial charge in [-0.1, -0.05) is 29.8 Å². The van der Waals surface area contributed by atoms with Gasteiger partial charge in [0.1, 0.15) is 5.69 Å². The van der Waals surface area contributed by atoms with Gasteiger partial charge >= 0.3 is 0 Å². The molecular weight excluding hydrogens is 266 g/mol. The average Bonchev–Trinajstić information content (AvgIpc) is 2.39. The van der Waals surface area contributed by atoms with Gasteiger partial charge in [0.2, 0.25) is 0 Å². The second-order valence-corrected chi connectivity index (χ2v) is 4.38. The van der Waals surface area contributed by atoms with Crippen LogP contribution in [-0.4, -0.2) is 4.92 Å². The van der Waals surface area contributed by atoms with Crippen LogP contribution in [0, 0.1) is 10.1 Å². The fourth-order valence-electron chi connectivity index (χ4n) is 1.65. The minimum atomic E-state index is -0.504. The molecule has 0 saturated carbocycles. The Labute approximate surface area is 115 Å². The van der Waals surface area contributed by atoms with Crippen molar-refractivity contribution in [1.29, 1.82) is 0 Å². The van der Waals surface area contributed by atoms with Crippen molar-refractivity contribution >= 4 is 28.7 Å². The molecule has 2 aromatic rings. The lowest BCUT2D eigenvalue weighted by Crippen LogP contribution is -2.02. The van der Waals surface area contributed by atoms with E-state index in [0.717, 1.165) is 5.56 Å². The van der Waals surface area contributed by atoms with Crippen molar-refractivity contribution in [3.63, 3.8) is 0 Å². The minimum absolute atomic E-state index is 0.107. The molecule has 0 fully saturated rings. The molecule has 0 unspecified atom stereocenters. The lowest BCUT2D eigenvalue weighted by Gasteiger charge is -2.08. The van der Waals surface area contributed by atoms with Crippen molar-refractivity contribution < 1.29 is 4.92 Å². The molecule has 0 radical (unpaired) electrons. The number of nitrogens with one attached hydrogen (secondary N) is 1. The molecule has 0 bridgehead atoms. The lowest BCUT2D eigenvalue weighted by molar-refractivity contribution is -0.383. The normalized spacial score (nSPS) is 10.2. The Morgan fingerprint density at radius 3 is 2.68 bits per heavy atom. The van der Waals surface area contributed by atoms with E-state index in [4.69, 9.17) is 17.3 Å². The molecule has 0 amide bonds. The number of nitrogen functional groups attached to an aromatic ring is 1. The summed E-state index contributed by atoms with van der Waals surface area (Å²) < 4.78 is 0. The predicted octanol–water partition coefficient (Wildman–Crippen LogP) is 3.44. The van der Waals surface area contributed by atoms with Gasteiger partial charge in [-0.3, -0.25) is 10.1 Å². The van der Waals surface area contributed by atoms with E-state index in [0.29, 0.717) is 17.3 Å². The van der Waals surface area contributed by atoms with Gasteiger partial charge in [0, 0.05) is 23.3 Å². The van der Waals surface area contributed by atoms with E-state index in [1.807, 2.05) is 18.2 Å². The maximum absolute atomic E-state index is 10.8. The molecule has 0 saturated heterocycles. The number of hydrogen-bond acceptors (Lipinski definition) is 4. The Morgan fingerprint density at radius 1 is 1.26 bits per heavy atom. The average molecular weight is 278 g/mol. The van der Waals surface area contributed by atoms with Gasteiger partial charge in [-0.05, 0) is 23.8 Å². The van der Waals surface area contributed by atoms with Crippen LogP contribution < -0.4 is 11.1 Å². The third kappa shape index (κ3) is 3.14. The molecule has 0 spiro atoms. The van der Waals surface area contributed by atoms with E-state index in [-0.39, 0.29) is 11.4 Å². The van der Waals surface area contributed by atoms with Crippen LogP contribution in [0.25, 0.3) is 0 Å². The van der Waals surface area contributed by atoms with Crippen molar-refractivity contribution in [3.05, 3.63) is 63.2 Å². The van der Waals surface area contributed by atoms with E-state index in [1.54, 1.807) is 12.1 Å². The Hall–Kier alpha value is -2.27. The van der Waals surface area contributed by atoms with E-state index < -0.39 is 4.92 Å². The molecule has 5 nitrogen and oxygen atoms in total.